The first-order valence-electron chi connectivity index (χ1n) is 9.57. The second kappa shape index (κ2) is 10.1. The molecule has 0 saturated carbocycles. The Bertz CT molecular complexity index is 1040. The molecule has 0 aliphatic carbocycles. The molecule has 0 aliphatic rings. The molecule has 0 saturated heterocycles. The molecule has 2 N–H and O–H groups in total. The van der Waals surface area contributed by atoms with E-state index in [2.05, 4.69) is 26.6 Å². The van der Waals surface area contributed by atoms with E-state index in [0.29, 0.717) is 17.0 Å². The first kappa shape index (κ1) is 21.6. The maximum absolute atomic E-state index is 12.6. The predicted octanol–water partition coefficient (Wildman–Crippen LogP) is 5.27. The number of ether oxygens (including phenoxy) is 1. The average molecular weight is 467 g/mol. The number of rotatable bonds is 7. The van der Waals surface area contributed by atoms with Crippen LogP contribution in [-0.2, 0) is 4.79 Å². The molecule has 0 bridgehead atoms. The predicted molar refractivity (Wildman–Crippen MR) is 122 cm³/mol. The number of carbonyl (C=O) groups is 2. The number of amides is 2. The summed E-state index contributed by atoms with van der Waals surface area (Å²) < 4.78 is 6.36. The van der Waals surface area contributed by atoms with Crippen LogP contribution in [0.5, 0.6) is 5.75 Å². The number of benzene rings is 3. The quantitative estimate of drug-likeness (QED) is 0.498. The Kier molecular flexibility index (Phi) is 7.25. The lowest BCUT2D eigenvalue weighted by Gasteiger charge is -2.15. The van der Waals surface area contributed by atoms with Gasteiger partial charge in [-0.1, -0.05) is 42.5 Å². The number of hydrogen-bond donors (Lipinski definition) is 2. The number of anilines is 1. The Hall–Kier alpha value is -3.12. The van der Waals surface area contributed by atoms with Crippen molar-refractivity contribution in [1.82, 2.24) is 5.32 Å². The van der Waals surface area contributed by atoms with Crippen molar-refractivity contribution in [3.05, 3.63) is 94.0 Å². The highest BCUT2D eigenvalue weighted by atomic mass is 79.9. The zero-order chi connectivity index (χ0) is 21.5. The van der Waals surface area contributed by atoms with E-state index in [0.717, 1.165) is 15.6 Å². The molecule has 1 unspecified atom stereocenters. The maximum Gasteiger partial charge on any atom is 0.262 e. The summed E-state index contributed by atoms with van der Waals surface area (Å²) in [5, 5.41) is 5.73. The van der Waals surface area contributed by atoms with Crippen molar-refractivity contribution in [1.29, 1.82) is 0 Å². The molecule has 0 aliphatic heterocycles. The zero-order valence-electron chi connectivity index (χ0n) is 16.8. The van der Waals surface area contributed by atoms with E-state index in [1.165, 1.54) is 0 Å². The molecule has 2 amide bonds. The molecule has 154 valence electrons. The molecule has 3 rings (SSSR count). The number of nitrogens with one attached hydrogen (secondary N) is 2. The normalized spacial score (nSPS) is 11.4. The molecule has 0 spiro atoms. The van der Waals surface area contributed by atoms with Gasteiger partial charge >= 0.3 is 0 Å². The van der Waals surface area contributed by atoms with Gasteiger partial charge in [0.25, 0.3) is 11.8 Å². The fraction of sp³-hybridized carbons (Fsp3) is 0.167. The van der Waals surface area contributed by atoms with E-state index in [-0.39, 0.29) is 24.5 Å². The molecule has 30 heavy (non-hydrogen) atoms. The minimum absolute atomic E-state index is 0.127. The summed E-state index contributed by atoms with van der Waals surface area (Å²) in [6, 6.07) is 22.1. The van der Waals surface area contributed by atoms with Crippen LogP contribution < -0.4 is 15.4 Å². The number of halogens is 1. The standard InChI is InChI=1S/C24H23BrN2O3/c1-16-11-12-22(21(25)13-16)30-15-23(28)27-20-10-6-9-19(14-20)24(29)26-17(2)18-7-4-3-5-8-18/h3-14,17H,15H2,1-2H3,(H,26,29)(H,27,28). The minimum atomic E-state index is -0.308. The fourth-order valence-corrected chi connectivity index (χ4v) is 3.51. The topological polar surface area (TPSA) is 67.4 Å². The third-order valence-corrected chi connectivity index (χ3v) is 5.12. The molecule has 3 aromatic rings. The lowest BCUT2D eigenvalue weighted by molar-refractivity contribution is -0.118. The summed E-state index contributed by atoms with van der Waals surface area (Å²) >= 11 is 3.42. The van der Waals surface area contributed by atoms with Crippen LogP contribution in [0.2, 0.25) is 0 Å². The molecule has 0 fully saturated rings. The lowest BCUT2D eigenvalue weighted by atomic mass is 10.1. The van der Waals surface area contributed by atoms with Gasteiger partial charge in [0.2, 0.25) is 0 Å². The van der Waals surface area contributed by atoms with E-state index < -0.39 is 0 Å². The van der Waals surface area contributed by atoms with E-state index in [1.807, 2.05) is 62.4 Å². The first-order valence-corrected chi connectivity index (χ1v) is 10.4. The van der Waals surface area contributed by atoms with E-state index in [1.54, 1.807) is 24.3 Å². The van der Waals surface area contributed by atoms with Gasteiger partial charge in [0, 0.05) is 11.3 Å². The number of carbonyl (C=O) groups excluding carboxylic acids is 2. The Morgan fingerprint density at radius 2 is 1.77 bits per heavy atom. The van der Waals surface area contributed by atoms with Crippen molar-refractivity contribution in [2.24, 2.45) is 0 Å². The van der Waals surface area contributed by atoms with Gasteiger partial charge in [-0.25, -0.2) is 0 Å². The summed E-state index contributed by atoms with van der Waals surface area (Å²) in [5.74, 6) is 0.0822. The van der Waals surface area contributed by atoms with Crippen LogP contribution in [0.4, 0.5) is 5.69 Å². The molecule has 5 nitrogen and oxygen atoms in total. The van der Waals surface area contributed by atoms with Gasteiger partial charge in [-0.15, -0.1) is 0 Å². The Morgan fingerprint density at radius 1 is 1.00 bits per heavy atom. The molecule has 1 atom stereocenters. The van der Waals surface area contributed by atoms with E-state index in [4.69, 9.17) is 4.74 Å². The van der Waals surface area contributed by atoms with Crippen LogP contribution >= 0.6 is 15.9 Å². The van der Waals surface area contributed by atoms with Gasteiger partial charge in [-0.2, -0.15) is 0 Å². The third-order valence-electron chi connectivity index (χ3n) is 4.50. The van der Waals surface area contributed by atoms with Crippen molar-refractivity contribution < 1.29 is 14.3 Å². The summed E-state index contributed by atoms with van der Waals surface area (Å²) in [5.41, 5.74) is 3.12. The Labute approximate surface area is 184 Å². The first-order chi connectivity index (χ1) is 14.4. The highest BCUT2D eigenvalue weighted by Crippen LogP contribution is 2.25. The monoisotopic (exact) mass is 466 g/mol. The maximum atomic E-state index is 12.6. The van der Waals surface area contributed by atoms with Crippen LogP contribution in [-0.4, -0.2) is 18.4 Å². The van der Waals surface area contributed by atoms with Crippen LogP contribution in [0, 0.1) is 6.92 Å². The van der Waals surface area contributed by atoms with Gasteiger partial charge < -0.3 is 15.4 Å². The van der Waals surface area contributed by atoms with Crippen molar-refractivity contribution in [2.75, 3.05) is 11.9 Å². The van der Waals surface area contributed by atoms with Gasteiger partial charge in [0.1, 0.15) is 5.75 Å². The lowest BCUT2D eigenvalue weighted by Crippen LogP contribution is -2.27. The molecule has 0 aromatic heterocycles. The second-order valence-corrected chi connectivity index (χ2v) is 7.81. The smallest absolute Gasteiger partial charge is 0.262 e. The van der Waals surface area contributed by atoms with Gasteiger partial charge in [-0.3, -0.25) is 9.59 Å². The average Bonchev–Trinajstić information content (AvgIpc) is 2.74. The third kappa shape index (κ3) is 5.94. The Morgan fingerprint density at radius 3 is 2.50 bits per heavy atom. The van der Waals surface area contributed by atoms with Crippen molar-refractivity contribution in [3.8, 4) is 5.75 Å². The molecule has 3 aromatic carbocycles. The van der Waals surface area contributed by atoms with Crippen LogP contribution in [0.1, 0.15) is 34.5 Å². The van der Waals surface area contributed by atoms with Crippen molar-refractivity contribution in [2.45, 2.75) is 19.9 Å². The fourth-order valence-electron chi connectivity index (χ4n) is 2.91. The largest absolute Gasteiger partial charge is 0.483 e. The van der Waals surface area contributed by atoms with Crippen LogP contribution in [0.25, 0.3) is 0 Å². The molecular formula is C24H23BrN2O3. The van der Waals surface area contributed by atoms with Gasteiger partial charge in [0.05, 0.1) is 10.5 Å². The highest BCUT2D eigenvalue weighted by Gasteiger charge is 2.13. The summed E-state index contributed by atoms with van der Waals surface area (Å²) in [7, 11) is 0. The van der Waals surface area contributed by atoms with Crippen LogP contribution in [0.15, 0.2) is 77.3 Å². The summed E-state index contributed by atoms with van der Waals surface area (Å²) in [6.45, 7) is 3.77. The van der Waals surface area contributed by atoms with Crippen LogP contribution in [0.3, 0.4) is 0 Å². The molecule has 0 radical (unpaired) electrons. The van der Waals surface area contributed by atoms with Crippen molar-refractivity contribution >= 4 is 33.4 Å². The number of hydrogen-bond acceptors (Lipinski definition) is 3. The van der Waals surface area contributed by atoms with Gasteiger partial charge in [-0.05, 0) is 71.2 Å². The molecule has 6 heteroatoms. The Balaban J connectivity index is 1.58. The second-order valence-electron chi connectivity index (χ2n) is 6.96. The highest BCUT2D eigenvalue weighted by molar-refractivity contribution is 9.10. The van der Waals surface area contributed by atoms with Gasteiger partial charge in [0.15, 0.2) is 6.61 Å². The van der Waals surface area contributed by atoms with Crippen molar-refractivity contribution in [3.63, 3.8) is 0 Å². The SMILES string of the molecule is Cc1ccc(OCC(=O)Nc2cccc(C(=O)NC(C)c3ccccc3)c2)c(Br)c1. The molecule has 0 heterocycles. The van der Waals surface area contributed by atoms with E-state index >= 15 is 0 Å². The van der Waals surface area contributed by atoms with E-state index in [9.17, 15) is 9.59 Å². The minimum Gasteiger partial charge on any atom is -0.483 e. The summed E-state index contributed by atoms with van der Waals surface area (Å²) in [6.07, 6.45) is 0. The summed E-state index contributed by atoms with van der Waals surface area (Å²) in [4.78, 5) is 24.8. The molecular weight excluding hydrogens is 444 g/mol. The zero-order valence-corrected chi connectivity index (χ0v) is 18.4. The number of aryl methyl sites for hydroxylation is 1.